The first-order valence-electron chi connectivity index (χ1n) is 4.45. The van der Waals surface area contributed by atoms with Crippen LogP contribution in [0.2, 0.25) is 0 Å². The van der Waals surface area contributed by atoms with Gasteiger partial charge in [0.15, 0.2) is 0 Å². The standard InChI is InChI=1S/C12H8O2/c1-3-9(12-5-2-7-13-12)10-6-8-14-11(10)4-1/h1-8H. The fourth-order valence-electron chi connectivity index (χ4n) is 1.64. The van der Waals surface area contributed by atoms with Crippen molar-refractivity contribution < 1.29 is 8.83 Å². The molecule has 3 aromatic rings. The van der Waals surface area contributed by atoms with Crippen LogP contribution >= 0.6 is 0 Å². The van der Waals surface area contributed by atoms with E-state index in [2.05, 4.69) is 0 Å². The van der Waals surface area contributed by atoms with Gasteiger partial charge in [-0.1, -0.05) is 12.1 Å². The van der Waals surface area contributed by atoms with Crippen molar-refractivity contribution >= 4 is 11.0 Å². The Morgan fingerprint density at radius 2 is 1.79 bits per heavy atom. The highest BCUT2D eigenvalue weighted by atomic mass is 16.3. The summed E-state index contributed by atoms with van der Waals surface area (Å²) in [6, 6.07) is 11.7. The van der Waals surface area contributed by atoms with E-state index in [1.165, 1.54) is 0 Å². The van der Waals surface area contributed by atoms with Gasteiger partial charge in [-0.15, -0.1) is 0 Å². The monoisotopic (exact) mass is 184 g/mol. The molecule has 2 aromatic heterocycles. The molecule has 0 saturated carbocycles. The van der Waals surface area contributed by atoms with E-state index in [0.29, 0.717) is 0 Å². The quantitative estimate of drug-likeness (QED) is 0.576. The Kier molecular flexibility index (Phi) is 1.47. The second kappa shape index (κ2) is 2.77. The first-order valence-corrected chi connectivity index (χ1v) is 4.45. The van der Waals surface area contributed by atoms with Gasteiger partial charge in [0.25, 0.3) is 0 Å². The number of benzene rings is 1. The van der Waals surface area contributed by atoms with Gasteiger partial charge in [0.1, 0.15) is 11.3 Å². The first kappa shape index (κ1) is 7.44. The van der Waals surface area contributed by atoms with Crippen molar-refractivity contribution in [1.29, 1.82) is 0 Å². The van der Waals surface area contributed by atoms with Gasteiger partial charge in [-0.2, -0.15) is 0 Å². The van der Waals surface area contributed by atoms with E-state index in [0.717, 1.165) is 22.3 Å². The summed E-state index contributed by atoms with van der Waals surface area (Å²) in [6.45, 7) is 0. The third kappa shape index (κ3) is 0.973. The second-order valence-electron chi connectivity index (χ2n) is 3.12. The molecule has 2 heterocycles. The number of hydrogen-bond donors (Lipinski definition) is 0. The summed E-state index contributed by atoms with van der Waals surface area (Å²) in [5, 5.41) is 1.09. The molecule has 0 aliphatic rings. The maximum Gasteiger partial charge on any atom is 0.134 e. The van der Waals surface area contributed by atoms with Crippen LogP contribution in [0.3, 0.4) is 0 Å². The first-order chi connectivity index (χ1) is 6.95. The molecule has 0 fully saturated rings. The van der Waals surface area contributed by atoms with Crippen LogP contribution in [-0.4, -0.2) is 0 Å². The van der Waals surface area contributed by atoms with Gasteiger partial charge in [0, 0.05) is 10.9 Å². The van der Waals surface area contributed by atoms with Crippen LogP contribution in [0.15, 0.2) is 57.8 Å². The molecule has 0 aliphatic carbocycles. The van der Waals surface area contributed by atoms with Crippen molar-refractivity contribution in [2.45, 2.75) is 0 Å². The second-order valence-corrected chi connectivity index (χ2v) is 3.12. The average Bonchev–Trinajstić information content (AvgIpc) is 2.88. The van der Waals surface area contributed by atoms with E-state index in [-0.39, 0.29) is 0 Å². The highest BCUT2D eigenvalue weighted by Crippen LogP contribution is 2.29. The zero-order chi connectivity index (χ0) is 9.38. The highest BCUT2D eigenvalue weighted by Gasteiger charge is 2.06. The topological polar surface area (TPSA) is 26.3 Å². The Morgan fingerprint density at radius 1 is 0.786 bits per heavy atom. The van der Waals surface area contributed by atoms with Gasteiger partial charge < -0.3 is 8.83 Å². The molecular weight excluding hydrogens is 176 g/mol. The predicted molar refractivity (Wildman–Crippen MR) is 53.9 cm³/mol. The minimum atomic E-state index is 0.872. The Hall–Kier alpha value is -1.96. The lowest BCUT2D eigenvalue weighted by atomic mass is 10.1. The van der Waals surface area contributed by atoms with Crippen LogP contribution < -0.4 is 0 Å². The number of rotatable bonds is 1. The third-order valence-electron chi connectivity index (χ3n) is 2.28. The van der Waals surface area contributed by atoms with Crippen molar-refractivity contribution in [3.8, 4) is 11.3 Å². The number of hydrogen-bond acceptors (Lipinski definition) is 2. The van der Waals surface area contributed by atoms with Gasteiger partial charge in [-0.3, -0.25) is 0 Å². The highest BCUT2D eigenvalue weighted by molar-refractivity contribution is 5.92. The van der Waals surface area contributed by atoms with E-state index in [1.54, 1.807) is 12.5 Å². The van der Waals surface area contributed by atoms with Crippen LogP contribution in [-0.2, 0) is 0 Å². The van der Waals surface area contributed by atoms with Gasteiger partial charge in [-0.25, -0.2) is 0 Å². The third-order valence-corrected chi connectivity index (χ3v) is 2.28. The lowest BCUT2D eigenvalue weighted by molar-refractivity contribution is 0.582. The van der Waals surface area contributed by atoms with E-state index in [9.17, 15) is 0 Å². The maximum absolute atomic E-state index is 5.36. The van der Waals surface area contributed by atoms with E-state index >= 15 is 0 Å². The normalized spacial score (nSPS) is 10.9. The fraction of sp³-hybridized carbons (Fsp3) is 0. The summed E-state index contributed by atoms with van der Waals surface area (Å²) in [5.41, 5.74) is 1.96. The summed E-state index contributed by atoms with van der Waals surface area (Å²) in [7, 11) is 0. The van der Waals surface area contributed by atoms with Crippen LogP contribution in [0.5, 0.6) is 0 Å². The van der Waals surface area contributed by atoms with Crippen LogP contribution in [0.25, 0.3) is 22.3 Å². The van der Waals surface area contributed by atoms with Gasteiger partial charge in [0.2, 0.25) is 0 Å². The Balaban J connectivity index is 2.36. The molecule has 1 aromatic carbocycles. The molecule has 0 spiro atoms. The number of fused-ring (bicyclic) bond motifs is 1. The molecular formula is C12H8O2. The largest absolute Gasteiger partial charge is 0.464 e. The van der Waals surface area contributed by atoms with Crippen molar-refractivity contribution in [2.24, 2.45) is 0 Å². The molecule has 0 radical (unpaired) electrons. The molecule has 0 amide bonds. The zero-order valence-corrected chi connectivity index (χ0v) is 7.44. The molecule has 0 atom stereocenters. The minimum absolute atomic E-state index is 0.872. The molecule has 2 heteroatoms. The van der Waals surface area contributed by atoms with Crippen molar-refractivity contribution in [3.05, 3.63) is 48.9 Å². The summed E-state index contributed by atoms with van der Waals surface area (Å²) in [4.78, 5) is 0. The summed E-state index contributed by atoms with van der Waals surface area (Å²) >= 11 is 0. The Bertz CT molecular complexity index is 546. The Morgan fingerprint density at radius 3 is 2.64 bits per heavy atom. The van der Waals surface area contributed by atoms with E-state index in [1.807, 2.05) is 36.4 Å². The van der Waals surface area contributed by atoms with Gasteiger partial charge >= 0.3 is 0 Å². The maximum atomic E-state index is 5.36. The lowest BCUT2D eigenvalue weighted by Crippen LogP contribution is -1.73. The summed E-state index contributed by atoms with van der Waals surface area (Å²) in [6.07, 6.45) is 3.37. The van der Waals surface area contributed by atoms with Crippen LogP contribution in [0.1, 0.15) is 0 Å². The molecule has 68 valence electrons. The molecule has 0 aliphatic heterocycles. The van der Waals surface area contributed by atoms with E-state index in [4.69, 9.17) is 8.83 Å². The molecule has 0 bridgehead atoms. The Labute approximate surface area is 80.8 Å². The van der Waals surface area contributed by atoms with E-state index < -0.39 is 0 Å². The summed E-state index contributed by atoms with van der Waals surface area (Å²) < 4.78 is 10.7. The van der Waals surface area contributed by atoms with Gasteiger partial charge in [-0.05, 0) is 24.3 Å². The molecule has 3 rings (SSSR count). The van der Waals surface area contributed by atoms with Crippen LogP contribution in [0.4, 0.5) is 0 Å². The minimum Gasteiger partial charge on any atom is -0.464 e. The molecule has 0 unspecified atom stereocenters. The molecule has 14 heavy (non-hydrogen) atoms. The average molecular weight is 184 g/mol. The smallest absolute Gasteiger partial charge is 0.134 e. The van der Waals surface area contributed by atoms with Gasteiger partial charge in [0.05, 0.1) is 12.5 Å². The van der Waals surface area contributed by atoms with Crippen molar-refractivity contribution in [1.82, 2.24) is 0 Å². The lowest BCUT2D eigenvalue weighted by Gasteiger charge is -1.97. The number of furan rings is 2. The zero-order valence-electron chi connectivity index (χ0n) is 7.44. The molecule has 0 N–H and O–H groups in total. The van der Waals surface area contributed by atoms with Crippen molar-refractivity contribution in [2.75, 3.05) is 0 Å². The molecule has 0 saturated heterocycles. The molecule has 2 nitrogen and oxygen atoms in total. The van der Waals surface area contributed by atoms with Crippen molar-refractivity contribution in [3.63, 3.8) is 0 Å². The summed E-state index contributed by atoms with van der Waals surface area (Å²) in [5.74, 6) is 0.872. The van der Waals surface area contributed by atoms with Crippen LogP contribution in [0, 0.1) is 0 Å². The predicted octanol–water partition coefficient (Wildman–Crippen LogP) is 3.69. The SMILES string of the molecule is c1coc(-c2cccc3occc23)c1. The fourth-order valence-corrected chi connectivity index (χ4v) is 1.64.